The van der Waals surface area contributed by atoms with Crippen LogP contribution in [0.5, 0.6) is 5.75 Å². The zero-order valence-electron chi connectivity index (χ0n) is 17.1. The average molecular weight is 409 g/mol. The summed E-state index contributed by atoms with van der Waals surface area (Å²) in [6.07, 6.45) is 7.12. The van der Waals surface area contributed by atoms with Crippen molar-refractivity contribution in [1.29, 1.82) is 0 Å². The van der Waals surface area contributed by atoms with Gasteiger partial charge in [-0.05, 0) is 31.7 Å². The molecule has 6 heteroatoms. The van der Waals surface area contributed by atoms with Crippen molar-refractivity contribution >= 4 is 17.3 Å². The van der Waals surface area contributed by atoms with Crippen molar-refractivity contribution in [2.24, 2.45) is 0 Å². The zero-order valence-corrected chi connectivity index (χ0v) is 17.9. The van der Waals surface area contributed by atoms with Gasteiger partial charge in [-0.2, -0.15) is 11.8 Å². The van der Waals surface area contributed by atoms with E-state index in [9.17, 15) is 8.78 Å². The molecular formula is C22H30F2N2OS. The predicted octanol–water partition coefficient (Wildman–Crippen LogP) is 5.39. The fourth-order valence-electron chi connectivity index (χ4n) is 2.68. The van der Waals surface area contributed by atoms with Gasteiger partial charge in [-0.15, -0.1) is 0 Å². The van der Waals surface area contributed by atoms with Gasteiger partial charge in [0.15, 0.2) is 0 Å². The Labute approximate surface area is 171 Å². The maximum absolute atomic E-state index is 14.9. The van der Waals surface area contributed by atoms with Crippen LogP contribution in [-0.4, -0.2) is 43.7 Å². The lowest BCUT2D eigenvalue weighted by atomic mass is 10.0. The number of halogens is 2. The van der Waals surface area contributed by atoms with E-state index in [1.165, 1.54) is 37.6 Å². The highest BCUT2D eigenvalue weighted by molar-refractivity contribution is 7.99. The molecule has 0 aliphatic carbocycles. The maximum Gasteiger partial charge on any atom is 0.146 e. The minimum Gasteiger partial charge on any atom is -0.497 e. The highest BCUT2D eigenvalue weighted by Crippen LogP contribution is 2.29. The Morgan fingerprint density at radius 1 is 1.43 bits per heavy atom. The number of allylic oxidation sites excluding steroid dienone is 4. The summed E-state index contributed by atoms with van der Waals surface area (Å²) in [7, 11) is 3.25. The fourth-order valence-corrected chi connectivity index (χ4v) is 3.39. The van der Waals surface area contributed by atoms with E-state index >= 15 is 0 Å². The molecule has 1 aromatic carbocycles. The second kappa shape index (κ2) is 12.3. The van der Waals surface area contributed by atoms with Gasteiger partial charge in [0.05, 0.1) is 7.11 Å². The Hall–Kier alpha value is -2.21. The van der Waals surface area contributed by atoms with E-state index in [4.69, 9.17) is 4.74 Å². The van der Waals surface area contributed by atoms with Gasteiger partial charge >= 0.3 is 0 Å². The average Bonchev–Trinajstić information content (AvgIpc) is 2.67. The van der Waals surface area contributed by atoms with E-state index in [-0.39, 0.29) is 16.4 Å². The third-order valence-corrected chi connectivity index (χ3v) is 5.25. The van der Waals surface area contributed by atoms with Gasteiger partial charge in [0, 0.05) is 54.5 Å². The van der Waals surface area contributed by atoms with Crippen LogP contribution in [0.15, 0.2) is 61.2 Å². The summed E-state index contributed by atoms with van der Waals surface area (Å²) in [4.78, 5) is 1.76. The van der Waals surface area contributed by atoms with E-state index in [0.29, 0.717) is 12.3 Å². The highest BCUT2D eigenvalue weighted by atomic mass is 32.2. The molecule has 1 unspecified atom stereocenters. The fraction of sp³-hybridized carbons (Fsp3) is 0.364. The molecule has 0 amide bonds. The van der Waals surface area contributed by atoms with Crippen LogP contribution in [0, 0.1) is 5.82 Å². The number of hydrogen-bond acceptors (Lipinski definition) is 4. The summed E-state index contributed by atoms with van der Waals surface area (Å²) in [6.45, 7) is 11.2. The van der Waals surface area contributed by atoms with Crippen molar-refractivity contribution in [1.82, 2.24) is 10.2 Å². The molecule has 28 heavy (non-hydrogen) atoms. The second-order valence-electron chi connectivity index (χ2n) is 6.19. The third kappa shape index (κ3) is 7.08. The minimum atomic E-state index is -0.553. The third-order valence-electron chi connectivity index (χ3n) is 4.16. The van der Waals surface area contributed by atoms with E-state index in [1.807, 2.05) is 13.2 Å². The van der Waals surface area contributed by atoms with Crippen LogP contribution in [0.4, 0.5) is 8.78 Å². The number of thioether (sulfide) groups is 1. The van der Waals surface area contributed by atoms with Gasteiger partial charge in [-0.3, -0.25) is 0 Å². The number of rotatable bonds is 12. The lowest BCUT2D eigenvalue weighted by molar-refractivity contribution is 0.411. The topological polar surface area (TPSA) is 24.5 Å². The maximum atomic E-state index is 14.9. The molecule has 1 atom stereocenters. The van der Waals surface area contributed by atoms with E-state index in [1.54, 1.807) is 29.8 Å². The Bertz CT molecular complexity index is 731. The van der Waals surface area contributed by atoms with Crippen molar-refractivity contribution < 1.29 is 13.5 Å². The van der Waals surface area contributed by atoms with Crippen molar-refractivity contribution in [3.63, 3.8) is 0 Å². The first kappa shape index (κ1) is 23.8. The largest absolute Gasteiger partial charge is 0.497 e. The smallest absolute Gasteiger partial charge is 0.146 e. The normalized spacial score (nSPS) is 13.1. The van der Waals surface area contributed by atoms with Crippen LogP contribution in [0.1, 0.15) is 18.9 Å². The predicted molar refractivity (Wildman–Crippen MR) is 118 cm³/mol. The minimum absolute atomic E-state index is 0.139. The van der Waals surface area contributed by atoms with Gasteiger partial charge in [0.1, 0.15) is 17.4 Å². The van der Waals surface area contributed by atoms with Crippen molar-refractivity contribution in [3.05, 3.63) is 72.6 Å². The second-order valence-corrected chi connectivity index (χ2v) is 7.23. The van der Waals surface area contributed by atoms with E-state index in [2.05, 4.69) is 18.5 Å². The summed E-state index contributed by atoms with van der Waals surface area (Å²) in [5, 5.41) is 3.47. The van der Waals surface area contributed by atoms with Crippen LogP contribution >= 0.6 is 11.8 Å². The number of nitrogens with one attached hydrogen (secondary N) is 1. The van der Waals surface area contributed by atoms with Gasteiger partial charge < -0.3 is 15.0 Å². The molecule has 0 heterocycles. The first-order valence-corrected chi connectivity index (χ1v) is 10.4. The van der Waals surface area contributed by atoms with Gasteiger partial charge in [-0.25, -0.2) is 8.78 Å². The Balaban J connectivity index is 2.93. The Morgan fingerprint density at radius 3 is 2.68 bits per heavy atom. The molecule has 0 saturated carbocycles. The number of methoxy groups -OCH3 is 1. The lowest BCUT2D eigenvalue weighted by Gasteiger charge is -2.22. The Kier molecular flexibility index (Phi) is 10.5. The summed E-state index contributed by atoms with van der Waals surface area (Å²) in [5.74, 6) is -0.703. The molecule has 0 radical (unpaired) electrons. The van der Waals surface area contributed by atoms with Gasteiger partial charge in [-0.1, -0.05) is 25.3 Å². The molecule has 0 aliphatic heterocycles. The van der Waals surface area contributed by atoms with Crippen LogP contribution in [0.2, 0.25) is 0 Å². The first-order chi connectivity index (χ1) is 13.4. The zero-order chi connectivity index (χ0) is 21.1. The SMILES string of the molecule is C=C/C=C(\C(F)=C/N(C)CCC(SC)C(=C)NCC)c1ccc(OC)cc1F. The molecule has 154 valence electrons. The summed E-state index contributed by atoms with van der Waals surface area (Å²) in [5.41, 5.74) is 1.27. The number of ether oxygens (including phenoxy) is 1. The van der Waals surface area contributed by atoms with E-state index in [0.717, 1.165) is 18.7 Å². The van der Waals surface area contributed by atoms with Crippen LogP contribution < -0.4 is 10.1 Å². The van der Waals surface area contributed by atoms with Crippen LogP contribution in [0.25, 0.3) is 5.57 Å². The van der Waals surface area contributed by atoms with Crippen molar-refractivity contribution in [2.45, 2.75) is 18.6 Å². The number of hydrogen-bond donors (Lipinski definition) is 1. The molecule has 0 spiro atoms. The standard InChI is InChI=1S/C22H30F2N2OS/c1-7-9-18(19-11-10-17(27-5)14-20(19)23)21(24)15-26(4)13-12-22(28-6)16(3)25-8-2/h7,9-11,14-15,22,25H,1,3,8,12-13H2,2,4-6H3/b18-9-,21-15+. The monoisotopic (exact) mass is 408 g/mol. The lowest BCUT2D eigenvalue weighted by Crippen LogP contribution is -2.25. The van der Waals surface area contributed by atoms with Gasteiger partial charge in [0.2, 0.25) is 0 Å². The van der Waals surface area contributed by atoms with Crippen LogP contribution in [0.3, 0.4) is 0 Å². The van der Waals surface area contributed by atoms with Crippen molar-refractivity contribution in [3.8, 4) is 5.75 Å². The molecular weight excluding hydrogens is 378 g/mol. The highest BCUT2D eigenvalue weighted by Gasteiger charge is 2.15. The molecule has 0 bridgehead atoms. The molecule has 1 rings (SSSR count). The summed E-state index contributed by atoms with van der Waals surface area (Å²) in [6, 6.07) is 4.33. The molecule has 3 nitrogen and oxygen atoms in total. The number of benzene rings is 1. The molecule has 0 aliphatic rings. The molecule has 1 aromatic rings. The number of nitrogens with zero attached hydrogens (tertiary/aromatic N) is 1. The molecule has 1 N–H and O–H groups in total. The van der Waals surface area contributed by atoms with Crippen LogP contribution in [-0.2, 0) is 0 Å². The first-order valence-electron chi connectivity index (χ1n) is 9.07. The molecule has 0 fully saturated rings. The van der Waals surface area contributed by atoms with Gasteiger partial charge in [0.25, 0.3) is 0 Å². The quantitative estimate of drug-likeness (QED) is 0.469. The Morgan fingerprint density at radius 2 is 2.14 bits per heavy atom. The summed E-state index contributed by atoms with van der Waals surface area (Å²) >= 11 is 1.71. The van der Waals surface area contributed by atoms with E-state index < -0.39 is 11.6 Å². The molecule has 0 saturated heterocycles. The summed E-state index contributed by atoms with van der Waals surface area (Å²) < 4.78 is 34.3. The molecule has 0 aromatic heterocycles. The van der Waals surface area contributed by atoms with Crippen molar-refractivity contribution in [2.75, 3.05) is 33.5 Å².